The van der Waals surface area contributed by atoms with Gasteiger partial charge >= 0.3 is 6.29 Å². The summed E-state index contributed by atoms with van der Waals surface area (Å²) in [5.41, 5.74) is 9.14. The SMILES string of the molecule is Cc1cccc(N2CCCC(c3nc4c5ccc6c(c5nc(N)n4n3)OC(F)(F)O6)C2)c1. The molecule has 0 bridgehead atoms. The second-order valence-electron chi connectivity index (χ2n) is 8.26. The first-order valence-electron chi connectivity index (χ1n) is 10.4. The first-order valence-corrected chi connectivity index (χ1v) is 10.4. The van der Waals surface area contributed by atoms with Crippen LogP contribution in [0.1, 0.15) is 30.1 Å². The molecule has 10 heteroatoms. The molecule has 0 amide bonds. The lowest BCUT2D eigenvalue weighted by molar-refractivity contribution is -0.286. The smallest absolute Gasteiger partial charge is 0.395 e. The van der Waals surface area contributed by atoms with Crippen molar-refractivity contribution in [3.05, 3.63) is 47.8 Å². The number of aromatic nitrogens is 4. The second-order valence-corrected chi connectivity index (χ2v) is 8.26. The first-order chi connectivity index (χ1) is 15.4. The molecule has 0 saturated carbocycles. The van der Waals surface area contributed by atoms with Crippen molar-refractivity contribution in [3.63, 3.8) is 0 Å². The molecule has 8 nitrogen and oxygen atoms in total. The van der Waals surface area contributed by atoms with E-state index in [2.05, 4.69) is 55.6 Å². The van der Waals surface area contributed by atoms with E-state index in [-0.39, 0.29) is 28.9 Å². The Kier molecular flexibility index (Phi) is 3.96. The van der Waals surface area contributed by atoms with E-state index < -0.39 is 6.29 Å². The number of hydrogen-bond acceptors (Lipinski definition) is 7. The minimum Gasteiger partial charge on any atom is -0.395 e. The van der Waals surface area contributed by atoms with Gasteiger partial charge in [0.05, 0.1) is 0 Å². The Bertz CT molecular complexity index is 1370. The number of halogens is 2. The summed E-state index contributed by atoms with van der Waals surface area (Å²) in [5.74, 6) is 0.585. The predicted molar refractivity (Wildman–Crippen MR) is 114 cm³/mol. The molecule has 32 heavy (non-hydrogen) atoms. The van der Waals surface area contributed by atoms with Gasteiger partial charge in [0.15, 0.2) is 23.0 Å². The highest BCUT2D eigenvalue weighted by atomic mass is 19.3. The van der Waals surface area contributed by atoms with Gasteiger partial charge in [0.1, 0.15) is 5.52 Å². The van der Waals surface area contributed by atoms with Gasteiger partial charge in [0, 0.05) is 30.1 Å². The standard InChI is InChI=1S/C22H20F2N6O2/c1-12-4-2-6-14(10-12)29-9-3-5-13(11-29)19-27-20-15-7-8-16-18(32-22(23,24)31-16)17(15)26-21(25)30(20)28-19/h2,4,6-8,10,13H,3,5,9,11H2,1H3,(H2,25,26). The summed E-state index contributed by atoms with van der Waals surface area (Å²) >= 11 is 0. The lowest BCUT2D eigenvalue weighted by atomic mass is 9.96. The number of anilines is 2. The molecule has 4 heterocycles. The minimum atomic E-state index is -3.74. The number of rotatable bonds is 2. The van der Waals surface area contributed by atoms with E-state index in [1.165, 1.54) is 21.8 Å². The quantitative estimate of drug-likeness (QED) is 0.508. The maximum Gasteiger partial charge on any atom is 0.586 e. The fourth-order valence-corrected chi connectivity index (χ4v) is 4.53. The number of fused-ring (bicyclic) bond motifs is 5. The van der Waals surface area contributed by atoms with Crippen LogP contribution in [0.5, 0.6) is 11.5 Å². The summed E-state index contributed by atoms with van der Waals surface area (Å²) in [6, 6.07) is 11.5. The maximum absolute atomic E-state index is 13.6. The molecule has 1 saturated heterocycles. The zero-order valence-corrected chi connectivity index (χ0v) is 17.3. The van der Waals surface area contributed by atoms with Crippen molar-refractivity contribution in [2.24, 2.45) is 0 Å². The molecular weight excluding hydrogens is 418 g/mol. The van der Waals surface area contributed by atoms with E-state index in [4.69, 9.17) is 10.7 Å². The van der Waals surface area contributed by atoms with E-state index in [1.54, 1.807) is 6.07 Å². The van der Waals surface area contributed by atoms with Crippen molar-refractivity contribution in [1.82, 2.24) is 19.6 Å². The highest BCUT2D eigenvalue weighted by Crippen LogP contribution is 2.45. The molecule has 2 aromatic heterocycles. The average molecular weight is 438 g/mol. The van der Waals surface area contributed by atoms with Crippen molar-refractivity contribution in [3.8, 4) is 11.5 Å². The molecular formula is C22H20F2N6O2. The summed E-state index contributed by atoms with van der Waals surface area (Å²) in [6.45, 7) is 3.83. The van der Waals surface area contributed by atoms with Crippen molar-refractivity contribution in [2.45, 2.75) is 32.0 Å². The first kappa shape index (κ1) is 19.0. The number of aryl methyl sites for hydroxylation is 1. The van der Waals surface area contributed by atoms with E-state index in [1.807, 2.05) is 0 Å². The van der Waals surface area contributed by atoms with E-state index in [0.717, 1.165) is 25.9 Å². The average Bonchev–Trinajstić information content (AvgIpc) is 3.35. The van der Waals surface area contributed by atoms with Crippen LogP contribution in [-0.4, -0.2) is 39.0 Å². The zero-order valence-electron chi connectivity index (χ0n) is 17.3. The lowest BCUT2D eigenvalue weighted by Crippen LogP contribution is -2.34. The van der Waals surface area contributed by atoms with Crippen LogP contribution in [-0.2, 0) is 0 Å². The molecule has 0 radical (unpaired) electrons. The van der Waals surface area contributed by atoms with Crippen molar-refractivity contribution < 1.29 is 18.3 Å². The van der Waals surface area contributed by atoms with Crippen molar-refractivity contribution in [2.75, 3.05) is 23.7 Å². The highest BCUT2D eigenvalue weighted by molar-refractivity contribution is 5.97. The highest BCUT2D eigenvalue weighted by Gasteiger charge is 2.45. The van der Waals surface area contributed by atoms with Gasteiger partial charge in [0.2, 0.25) is 5.95 Å². The number of benzene rings is 2. The molecule has 2 N–H and O–H groups in total. The van der Waals surface area contributed by atoms with Crippen molar-refractivity contribution >= 4 is 28.2 Å². The van der Waals surface area contributed by atoms with E-state index in [9.17, 15) is 8.78 Å². The number of nitrogens with two attached hydrogens (primary N) is 1. The topological polar surface area (TPSA) is 90.8 Å². The van der Waals surface area contributed by atoms with Gasteiger partial charge in [-0.3, -0.25) is 0 Å². The molecule has 2 aromatic carbocycles. The summed E-state index contributed by atoms with van der Waals surface area (Å²) in [4.78, 5) is 11.4. The van der Waals surface area contributed by atoms with Crippen LogP contribution in [0.25, 0.3) is 16.6 Å². The molecule has 1 atom stereocenters. The lowest BCUT2D eigenvalue weighted by Gasteiger charge is -2.33. The van der Waals surface area contributed by atoms with Gasteiger partial charge in [-0.15, -0.1) is 13.9 Å². The Morgan fingerprint density at radius 3 is 2.88 bits per heavy atom. The number of nitrogen functional groups attached to an aromatic ring is 1. The van der Waals surface area contributed by atoms with Gasteiger partial charge < -0.3 is 20.1 Å². The summed E-state index contributed by atoms with van der Waals surface area (Å²) in [5, 5.41) is 5.14. The molecule has 0 spiro atoms. The van der Waals surface area contributed by atoms with Crippen LogP contribution in [0.2, 0.25) is 0 Å². The van der Waals surface area contributed by atoms with Gasteiger partial charge in [-0.05, 0) is 49.6 Å². The number of hydrogen-bond donors (Lipinski definition) is 1. The monoisotopic (exact) mass is 438 g/mol. The molecule has 2 aliphatic rings. The number of ether oxygens (including phenoxy) is 2. The third-order valence-corrected chi connectivity index (χ3v) is 6.01. The van der Waals surface area contributed by atoms with E-state index >= 15 is 0 Å². The Labute approximate surface area is 181 Å². The van der Waals surface area contributed by atoms with Crippen LogP contribution < -0.4 is 20.1 Å². The largest absolute Gasteiger partial charge is 0.586 e. The Hall–Kier alpha value is -3.69. The molecule has 1 unspecified atom stereocenters. The van der Waals surface area contributed by atoms with Gasteiger partial charge in [-0.25, -0.2) is 9.97 Å². The number of alkyl halides is 2. The molecule has 0 aliphatic carbocycles. The van der Waals surface area contributed by atoms with Gasteiger partial charge in [-0.2, -0.15) is 4.52 Å². The number of piperidine rings is 1. The van der Waals surface area contributed by atoms with Crippen LogP contribution in [0, 0.1) is 6.92 Å². The van der Waals surface area contributed by atoms with Crippen LogP contribution in [0.4, 0.5) is 20.4 Å². The summed E-state index contributed by atoms with van der Waals surface area (Å²) in [6.07, 6.45) is -1.78. The Balaban J connectivity index is 1.40. The van der Waals surface area contributed by atoms with Gasteiger partial charge in [0.25, 0.3) is 0 Å². The van der Waals surface area contributed by atoms with Crippen LogP contribution in [0.3, 0.4) is 0 Å². The Morgan fingerprint density at radius 2 is 2.03 bits per heavy atom. The summed E-state index contributed by atoms with van der Waals surface area (Å²) in [7, 11) is 0. The van der Waals surface area contributed by atoms with E-state index in [0.29, 0.717) is 16.9 Å². The van der Waals surface area contributed by atoms with Crippen LogP contribution >= 0.6 is 0 Å². The molecule has 164 valence electrons. The molecule has 1 fully saturated rings. The normalized spacial score (nSPS) is 19.7. The van der Waals surface area contributed by atoms with Crippen molar-refractivity contribution in [1.29, 1.82) is 0 Å². The molecule has 2 aliphatic heterocycles. The fourth-order valence-electron chi connectivity index (χ4n) is 4.53. The second kappa shape index (κ2) is 6.65. The zero-order chi connectivity index (χ0) is 22.0. The molecule has 6 rings (SSSR count). The predicted octanol–water partition coefficient (Wildman–Crippen LogP) is 3.87. The van der Waals surface area contributed by atoms with Gasteiger partial charge in [-0.1, -0.05) is 12.1 Å². The Morgan fingerprint density at radius 1 is 1.16 bits per heavy atom. The minimum absolute atomic E-state index is 0.0461. The molecule has 4 aromatic rings. The fraction of sp³-hybridized carbons (Fsp3) is 0.318. The third-order valence-electron chi connectivity index (χ3n) is 6.01. The maximum atomic E-state index is 13.6. The third kappa shape index (κ3) is 2.97. The summed E-state index contributed by atoms with van der Waals surface area (Å²) < 4.78 is 37.8. The number of nitrogens with zero attached hydrogens (tertiary/aromatic N) is 5. The van der Waals surface area contributed by atoms with Crippen LogP contribution in [0.15, 0.2) is 36.4 Å².